The van der Waals surface area contributed by atoms with E-state index in [2.05, 4.69) is 70.3 Å². The second kappa shape index (κ2) is 8.91. The van der Waals surface area contributed by atoms with Crippen molar-refractivity contribution in [3.8, 4) is 5.75 Å². The first-order chi connectivity index (χ1) is 15.6. The molecule has 0 bridgehead atoms. The molecule has 2 aliphatic rings. The van der Waals surface area contributed by atoms with Gasteiger partial charge in [0.1, 0.15) is 12.4 Å². The van der Waals surface area contributed by atoms with Gasteiger partial charge < -0.3 is 14.7 Å². The molecular weight excluding hydrogens is 398 g/mol. The van der Waals surface area contributed by atoms with Crippen molar-refractivity contribution in [1.29, 1.82) is 0 Å². The van der Waals surface area contributed by atoms with Crippen LogP contribution in [0.3, 0.4) is 0 Å². The van der Waals surface area contributed by atoms with Gasteiger partial charge in [0, 0.05) is 24.7 Å². The summed E-state index contributed by atoms with van der Waals surface area (Å²) in [5, 5.41) is 9.93. The number of hydrogen-bond acceptors (Lipinski definition) is 5. The van der Waals surface area contributed by atoms with E-state index in [1.54, 1.807) is 6.20 Å². The van der Waals surface area contributed by atoms with Crippen LogP contribution in [-0.2, 0) is 12.0 Å². The van der Waals surface area contributed by atoms with E-state index in [0.29, 0.717) is 19.1 Å². The molecule has 32 heavy (non-hydrogen) atoms. The van der Waals surface area contributed by atoms with E-state index in [9.17, 15) is 5.11 Å². The SMILES string of the molecule is Cc1ccc(C2(c3ccc(OCc4ccnc(N5CCC[C@@H](O)C5)n4)cc3)CCC2)cc1. The van der Waals surface area contributed by atoms with Crippen molar-refractivity contribution in [1.82, 2.24) is 9.97 Å². The van der Waals surface area contributed by atoms with Gasteiger partial charge in [0.15, 0.2) is 0 Å². The minimum absolute atomic E-state index is 0.146. The third kappa shape index (κ3) is 4.22. The fourth-order valence-corrected chi connectivity index (χ4v) is 4.93. The van der Waals surface area contributed by atoms with Crippen LogP contribution in [0.5, 0.6) is 5.75 Å². The van der Waals surface area contributed by atoms with Gasteiger partial charge in [-0.2, -0.15) is 0 Å². The summed E-state index contributed by atoms with van der Waals surface area (Å²) in [7, 11) is 0. The molecule has 1 aliphatic carbocycles. The molecule has 5 heteroatoms. The van der Waals surface area contributed by atoms with Crippen LogP contribution < -0.4 is 9.64 Å². The average Bonchev–Trinajstić information content (AvgIpc) is 2.79. The Labute approximate surface area is 190 Å². The number of ether oxygens (including phenoxy) is 1. The molecule has 2 heterocycles. The molecule has 0 unspecified atom stereocenters. The second-order valence-electron chi connectivity index (χ2n) is 9.20. The van der Waals surface area contributed by atoms with Crippen LogP contribution in [0.1, 0.15) is 54.5 Å². The number of aliphatic hydroxyl groups is 1. The van der Waals surface area contributed by atoms with E-state index in [1.165, 1.54) is 36.0 Å². The van der Waals surface area contributed by atoms with Gasteiger partial charge in [-0.1, -0.05) is 48.4 Å². The second-order valence-corrected chi connectivity index (χ2v) is 9.20. The smallest absolute Gasteiger partial charge is 0.225 e. The maximum Gasteiger partial charge on any atom is 0.225 e. The van der Waals surface area contributed by atoms with Crippen LogP contribution in [-0.4, -0.2) is 34.3 Å². The fourth-order valence-electron chi connectivity index (χ4n) is 4.93. The van der Waals surface area contributed by atoms with Crippen LogP contribution >= 0.6 is 0 Å². The van der Waals surface area contributed by atoms with Crippen LogP contribution in [0.2, 0.25) is 0 Å². The largest absolute Gasteiger partial charge is 0.487 e. The number of aryl methyl sites for hydroxylation is 1. The molecule has 0 spiro atoms. The molecule has 0 radical (unpaired) electrons. The quantitative estimate of drug-likeness (QED) is 0.610. The van der Waals surface area contributed by atoms with Gasteiger partial charge in [0.2, 0.25) is 5.95 Å². The van der Waals surface area contributed by atoms with Crippen molar-refractivity contribution in [2.45, 2.75) is 57.2 Å². The number of piperidine rings is 1. The first-order valence-corrected chi connectivity index (χ1v) is 11.7. The summed E-state index contributed by atoms with van der Waals surface area (Å²) in [5.41, 5.74) is 5.07. The molecule has 5 rings (SSSR count). The highest BCUT2D eigenvalue weighted by Gasteiger charge is 2.40. The van der Waals surface area contributed by atoms with Gasteiger partial charge in [0.05, 0.1) is 11.8 Å². The van der Waals surface area contributed by atoms with Crippen molar-refractivity contribution in [2.24, 2.45) is 0 Å². The van der Waals surface area contributed by atoms with E-state index >= 15 is 0 Å². The van der Waals surface area contributed by atoms with Gasteiger partial charge >= 0.3 is 0 Å². The Bertz CT molecular complexity index is 1050. The molecule has 0 amide bonds. The lowest BCUT2D eigenvalue weighted by Gasteiger charge is -2.43. The number of aromatic nitrogens is 2. The van der Waals surface area contributed by atoms with E-state index in [-0.39, 0.29) is 11.5 Å². The van der Waals surface area contributed by atoms with Crippen molar-refractivity contribution >= 4 is 5.95 Å². The minimum Gasteiger partial charge on any atom is -0.487 e. The predicted octanol–water partition coefficient (Wildman–Crippen LogP) is 4.80. The molecule has 1 saturated heterocycles. The summed E-state index contributed by atoms with van der Waals surface area (Å²) >= 11 is 0. The monoisotopic (exact) mass is 429 g/mol. The lowest BCUT2D eigenvalue weighted by molar-refractivity contribution is 0.153. The van der Waals surface area contributed by atoms with E-state index < -0.39 is 0 Å². The zero-order chi connectivity index (χ0) is 22.0. The first-order valence-electron chi connectivity index (χ1n) is 11.7. The third-order valence-electron chi connectivity index (χ3n) is 6.98. The first kappa shape index (κ1) is 21.0. The summed E-state index contributed by atoms with van der Waals surface area (Å²) in [6, 6.07) is 19.5. The highest BCUT2D eigenvalue weighted by atomic mass is 16.5. The van der Waals surface area contributed by atoms with Crippen molar-refractivity contribution in [3.05, 3.63) is 83.2 Å². The maximum absolute atomic E-state index is 9.93. The number of nitrogens with zero attached hydrogens (tertiary/aromatic N) is 3. The van der Waals surface area contributed by atoms with Crippen molar-refractivity contribution in [2.75, 3.05) is 18.0 Å². The molecule has 1 aromatic heterocycles. The molecule has 166 valence electrons. The molecule has 1 saturated carbocycles. The maximum atomic E-state index is 9.93. The van der Waals surface area contributed by atoms with E-state index in [1.807, 2.05) is 6.07 Å². The highest BCUT2D eigenvalue weighted by molar-refractivity contribution is 5.44. The summed E-state index contributed by atoms with van der Waals surface area (Å²) in [6.45, 7) is 4.01. The Hall–Kier alpha value is -2.92. The molecular formula is C27H31N3O2. The average molecular weight is 430 g/mol. The molecule has 1 N–H and O–H groups in total. The number of benzene rings is 2. The Morgan fingerprint density at radius 2 is 1.72 bits per heavy atom. The van der Waals surface area contributed by atoms with Crippen LogP contribution in [0.25, 0.3) is 0 Å². The van der Waals surface area contributed by atoms with Gasteiger partial charge in [0.25, 0.3) is 0 Å². The van der Waals surface area contributed by atoms with Gasteiger partial charge in [-0.3, -0.25) is 0 Å². The molecule has 2 fully saturated rings. The van der Waals surface area contributed by atoms with Crippen molar-refractivity contribution in [3.63, 3.8) is 0 Å². The predicted molar refractivity (Wildman–Crippen MR) is 126 cm³/mol. The van der Waals surface area contributed by atoms with E-state index in [0.717, 1.165) is 30.8 Å². The summed E-state index contributed by atoms with van der Waals surface area (Å²) < 4.78 is 6.04. The lowest BCUT2D eigenvalue weighted by Crippen LogP contribution is -2.39. The topological polar surface area (TPSA) is 58.5 Å². The van der Waals surface area contributed by atoms with Gasteiger partial charge in [-0.15, -0.1) is 0 Å². The Balaban J connectivity index is 1.26. The highest BCUT2D eigenvalue weighted by Crippen LogP contribution is 2.49. The van der Waals surface area contributed by atoms with Crippen LogP contribution in [0, 0.1) is 6.92 Å². The Morgan fingerprint density at radius 3 is 2.38 bits per heavy atom. The van der Waals surface area contributed by atoms with Gasteiger partial charge in [-0.25, -0.2) is 9.97 Å². The van der Waals surface area contributed by atoms with Crippen LogP contribution in [0.4, 0.5) is 5.95 Å². The van der Waals surface area contributed by atoms with E-state index in [4.69, 9.17) is 4.74 Å². The number of anilines is 1. The zero-order valence-corrected chi connectivity index (χ0v) is 18.7. The number of aliphatic hydroxyl groups excluding tert-OH is 1. The summed E-state index contributed by atoms with van der Waals surface area (Å²) in [5.74, 6) is 1.52. The number of rotatable bonds is 6. The normalized spacial score (nSPS) is 19.9. The summed E-state index contributed by atoms with van der Waals surface area (Å²) in [4.78, 5) is 11.1. The standard InChI is InChI=1S/C27H31N3O2/c1-20-5-7-21(8-6-20)27(14-3-15-27)22-9-11-25(12-10-22)32-19-23-13-16-28-26(29-23)30-17-2-4-24(31)18-30/h5-13,16,24,31H,2-4,14-15,17-19H2,1H3/t24-/m1/s1. The Kier molecular flexibility index (Phi) is 5.83. The zero-order valence-electron chi connectivity index (χ0n) is 18.7. The molecule has 3 aromatic rings. The molecule has 1 atom stereocenters. The molecule has 2 aromatic carbocycles. The lowest BCUT2D eigenvalue weighted by atomic mass is 9.60. The minimum atomic E-state index is -0.301. The number of hydrogen-bond donors (Lipinski definition) is 1. The third-order valence-corrected chi connectivity index (χ3v) is 6.98. The number of β-amino-alcohol motifs (C(OH)–C–C–N with tert-alkyl or cyclic N) is 1. The Morgan fingerprint density at radius 1 is 1.00 bits per heavy atom. The van der Waals surface area contributed by atoms with Gasteiger partial charge in [-0.05, 0) is 61.9 Å². The molecule has 5 nitrogen and oxygen atoms in total. The van der Waals surface area contributed by atoms with Crippen LogP contribution in [0.15, 0.2) is 60.8 Å². The fraction of sp³-hybridized carbons (Fsp3) is 0.407. The summed E-state index contributed by atoms with van der Waals surface area (Å²) in [6.07, 6.45) is 6.95. The molecule has 1 aliphatic heterocycles. The van der Waals surface area contributed by atoms with Crippen molar-refractivity contribution < 1.29 is 9.84 Å².